The second kappa shape index (κ2) is 5.45. The van der Waals surface area contributed by atoms with Crippen LogP contribution in [-0.4, -0.2) is 27.1 Å². The molecule has 7 nitrogen and oxygen atoms in total. The van der Waals surface area contributed by atoms with Crippen molar-refractivity contribution >= 4 is 11.9 Å². The molecule has 0 spiro atoms. The van der Waals surface area contributed by atoms with Crippen LogP contribution in [-0.2, 0) is 9.59 Å². The van der Waals surface area contributed by atoms with Crippen LogP contribution >= 0.6 is 0 Å². The standard InChI is InChI=1S/C15H14FN3O4/c1-8(17-13(20)15(5-6-15)14(21)22)12-18-11(19-23-12)9-3-2-4-10(16)7-9/h2-4,7-8H,5-6H2,1H3,(H,17,20)(H,21,22)/t8-/m0/s1. The van der Waals surface area contributed by atoms with E-state index in [1.807, 2.05) is 0 Å². The third-order valence-electron chi connectivity index (χ3n) is 3.84. The van der Waals surface area contributed by atoms with Crippen molar-refractivity contribution in [2.24, 2.45) is 5.41 Å². The number of carbonyl (C=O) groups excluding carboxylic acids is 1. The fourth-order valence-electron chi connectivity index (χ4n) is 2.22. The number of amides is 1. The topological polar surface area (TPSA) is 105 Å². The molecule has 0 bridgehead atoms. The highest BCUT2D eigenvalue weighted by Crippen LogP contribution is 2.46. The van der Waals surface area contributed by atoms with E-state index >= 15 is 0 Å². The Morgan fingerprint density at radius 3 is 2.78 bits per heavy atom. The molecule has 2 aromatic rings. The van der Waals surface area contributed by atoms with Crippen LogP contribution in [0, 0.1) is 11.2 Å². The lowest BCUT2D eigenvalue weighted by Gasteiger charge is -2.13. The molecule has 1 atom stereocenters. The second-order valence-electron chi connectivity index (χ2n) is 5.55. The van der Waals surface area contributed by atoms with Gasteiger partial charge in [0.2, 0.25) is 17.6 Å². The minimum Gasteiger partial charge on any atom is -0.480 e. The minimum atomic E-state index is -1.33. The quantitative estimate of drug-likeness (QED) is 0.816. The summed E-state index contributed by atoms with van der Waals surface area (Å²) in [6.45, 7) is 1.61. The highest BCUT2D eigenvalue weighted by molar-refractivity contribution is 6.04. The van der Waals surface area contributed by atoms with Crippen LogP contribution < -0.4 is 5.32 Å². The highest BCUT2D eigenvalue weighted by atomic mass is 19.1. The van der Waals surface area contributed by atoms with E-state index in [1.165, 1.54) is 18.2 Å². The average molecular weight is 319 g/mol. The number of aromatic nitrogens is 2. The van der Waals surface area contributed by atoms with Gasteiger partial charge in [-0.15, -0.1) is 0 Å². The molecule has 1 aliphatic rings. The number of carbonyl (C=O) groups is 2. The molecule has 0 saturated heterocycles. The van der Waals surface area contributed by atoms with Gasteiger partial charge in [-0.05, 0) is 31.9 Å². The largest absolute Gasteiger partial charge is 0.480 e. The van der Waals surface area contributed by atoms with E-state index in [1.54, 1.807) is 13.0 Å². The van der Waals surface area contributed by atoms with Gasteiger partial charge in [-0.2, -0.15) is 4.98 Å². The molecule has 23 heavy (non-hydrogen) atoms. The summed E-state index contributed by atoms with van der Waals surface area (Å²) in [5.41, 5.74) is -0.887. The van der Waals surface area contributed by atoms with E-state index in [4.69, 9.17) is 9.63 Å². The minimum absolute atomic E-state index is 0.124. The molecule has 0 radical (unpaired) electrons. The monoisotopic (exact) mass is 319 g/mol. The van der Waals surface area contributed by atoms with Gasteiger partial charge in [0.1, 0.15) is 17.3 Å². The van der Waals surface area contributed by atoms with Crippen molar-refractivity contribution in [1.29, 1.82) is 0 Å². The smallest absolute Gasteiger partial charge is 0.319 e. The first-order valence-corrected chi connectivity index (χ1v) is 7.06. The normalized spacial score (nSPS) is 16.6. The molecule has 1 aliphatic carbocycles. The first-order valence-electron chi connectivity index (χ1n) is 7.06. The lowest BCUT2D eigenvalue weighted by Crippen LogP contribution is -2.38. The van der Waals surface area contributed by atoms with Crippen molar-refractivity contribution in [1.82, 2.24) is 15.5 Å². The van der Waals surface area contributed by atoms with Gasteiger partial charge in [0.05, 0.1) is 0 Å². The zero-order chi connectivity index (χ0) is 16.6. The number of rotatable bonds is 5. The summed E-state index contributed by atoms with van der Waals surface area (Å²) >= 11 is 0. The first kappa shape index (κ1) is 15.1. The lowest BCUT2D eigenvalue weighted by molar-refractivity contribution is -0.149. The maximum atomic E-state index is 13.2. The van der Waals surface area contributed by atoms with Crippen molar-refractivity contribution in [3.8, 4) is 11.4 Å². The van der Waals surface area contributed by atoms with Gasteiger partial charge in [0, 0.05) is 5.56 Å². The number of benzene rings is 1. The molecule has 0 unspecified atom stereocenters. The fraction of sp³-hybridized carbons (Fsp3) is 0.333. The Kier molecular flexibility index (Phi) is 3.59. The van der Waals surface area contributed by atoms with Crippen LogP contribution in [0.15, 0.2) is 28.8 Å². The summed E-state index contributed by atoms with van der Waals surface area (Å²) in [6.07, 6.45) is 0.637. The predicted molar refractivity (Wildman–Crippen MR) is 75.6 cm³/mol. The third kappa shape index (κ3) is 2.79. The summed E-state index contributed by atoms with van der Waals surface area (Å²) in [6, 6.07) is 5.07. The van der Waals surface area contributed by atoms with Gasteiger partial charge in [0.25, 0.3) is 0 Å². The highest BCUT2D eigenvalue weighted by Gasteiger charge is 2.57. The maximum absolute atomic E-state index is 13.2. The number of nitrogens with zero attached hydrogens (tertiary/aromatic N) is 2. The van der Waals surface area contributed by atoms with Crippen LogP contribution in [0.25, 0.3) is 11.4 Å². The number of halogens is 1. The molecule has 8 heteroatoms. The van der Waals surface area contributed by atoms with Gasteiger partial charge in [-0.3, -0.25) is 9.59 Å². The Hall–Kier alpha value is -2.77. The number of carboxylic acids is 1. The summed E-state index contributed by atoms with van der Waals surface area (Å²) in [7, 11) is 0. The molecule has 1 heterocycles. The van der Waals surface area contributed by atoms with Gasteiger partial charge >= 0.3 is 5.97 Å². The van der Waals surface area contributed by atoms with E-state index in [-0.39, 0.29) is 11.7 Å². The van der Waals surface area contributed by atoms with E-state index in [2.05, 4.69) is 15.5 Å². The van der Waals surface area contributed by atoms with E-state index in [9.17, 15) is 14.0 Å². The molecular weight excluding hydrogens is 305 g/mol. The number of hydrogen-bond donors (Lipinski definition) is 2. The molecule has 1 fully saturated rings. The Balaban J connectivity index is 1.73. The molecule has 1 aromatic heterocycles. The molecule has 0 aliphatic heterocycles. The molecule has 1 saturated carbocycles. The molecule has 1 aromatic carbocycles. The SMILES string of the molecule is C[C@H](NC(=O)C1(C(=O)O)CC1)c1nc(-c2cccc(F)c2)no1. The first-order chi connectivity index (χ1) is 10.9. The summed E-state index contributed by atoms with van der Waals surface area (Å²) in [4.78, 5) is 27.3. The van der Waals surface area contributed by atoms with Crippen molar-refractivity contribution in [3.63, 3.8) is 0 Å². The summed E-state index contributed by atoms with van der Waals surface area (Å²) < 4.78 is 18.3. The van der Waals surface area contributed by atoms with Gasteiger partial charge in [-0.25, -0.2) is 4.39 Å². The molecule has 1 amide bonds. The zero-order valence-electron chi connectivity index (χ0n) is 12.2. The maximum Gasteiger partial charge on any atom is 0.319 e. The Morgan fingerprint density at radius 1 is 1.43 bits per heavy atom. The van der Waals surface area contributed by atoms with Crippen molar-refractivity contribution in [2.75, 3.05) is 0 Å². The number of carboxylic acid groups (broad SMARTS) is 1. The summed E-state index contributed by atoms with van der Waals surface area (Å²) in [5, 5.41) is 15.4. The van der Waals surface area contributed by atoms with Crippen LogP contribution in [0.3, 0.4) is 0 Å². The van der Waals surface area contributed by atoms with Crippen LogP contribution in [0.4, 0.5) is 4.39 Å². The molecule has 2 N–H and O–H groups in total. The fourth-order valence-corrected chi connectivity index (χ4v) is 2.22. The zero-order valence-corrected chi connectivity index (χ0v) is 12.2. The lowest BCUT2D eigenvalue weighted by atomic mass is 10.1. The van der Waals surface area contributed by atoms with E-state index in [0.717, 1.165) is 0 Å². The molecular formula is C15H14FN3O4. The van der Waals surface area contributed by atoms with Crippen LogP contribution in [0.1, 0.15) is 31.7 Å². The van der Waals surface area contributed by atoms with Crippen molar-refractivity contribution in [2.45, 2.75) is 25.8 Å². The number of hydrogen-bond acceptors (Lipinski definition) is 5. The number of nitrogens with one attached hydrogen (secondary N) is 1. The van der Waals surface area contributed by atoms with E-state index < -0.39 is 29.2 Å². The average Bonchev–Trinajstić information content (AvgIpc) is 3.18. The Bertz CT molecular complexity index is 770. The van der Waals surface area contributed by atoms with Gasteiger partial charge in [0.15, 0.2) is 0 Å². The van der Waals surface area contributed by atoms with Crippen LogP contribution in [0.2, 0.25) is 0 Å². The Morgan fingerprint density at radius 2 is 2.17 bits per heavy atom. The predicted octanol–water partition coefficient (Wildman–Crippen LogP) is 1.92. The Labute approximate surface area is 130 Å². The second-order valence-corrected chi connectivity index (χ2v) is 5.55. The molecule has 120 valence electrons. The van der Waals surface area contributed by atoms with Gasteiger partial charge < -0.3 is 14.9 Å². The number of aliphatic carboxylic acids is 1. The molecule has 3 rings (SSSR count). The van der Waals surface area contributed by atoms with E-state index in [0.29, 0.717) is 18.4 Å². The van der Waals surface area contributed by atoms with Crippen molar-refractivity contribution in [3.05, 3.63) is 36.0 Å². The van der Waals surface area contributed by atoms with Gasteiger partial charge in [-0.1, -0.05) is 17.3 Å². The third-order valence-corrected chi connectivity index (χ3v) is 3.84. The summed E-state index contributed by atoms with van der Waals surface area (Å²) in [5.74, 6) is -1.80. The van der Waals surface area contributed by atoms with Crippen LogP contribution in [0.5, 0.6) is 0 Å². The van der Waals surface area contributed by atoms with Crippen molar-refractivity contribution < 1.29 is 23.6 Å².